The molecule has 2 heterocycles. The highest BCUT2D eigenvalue weighted by Gasteiger charge is 2.50. The maximum atomic E-state index is 13.6. The highest BCUT2D eigenvalue weighted by molar-refractivity contribution is 6.11. The molecule has 1 atom stereocenters. The Morgan fingerprint density at radius 1 is 0.882 bits per heavy atom. The molecule has 2 aliphatic heterocycles. The molecule has 6 heteroatoms. The van der Waals surface area contributed by atoms with Gasteiger partial charge in [0.15, 0.2) is 22.9 Å². The van der Waals surface area contributed by atoms with E-state index < -0.39 is 11.5 Å². The van der Waals surface area contributed by atoms with Crippen molar-refractivity contribution in [3.05, 3.63) is 102 Å². The van der Waals surface area contributed by atoms with Crippen LogP contribution in [0.25, 0.3) is 10.8 Å². The molecule has 2 aliphatic rings. The number of benzene rings is 4. The Morgan fingerprint density at radius 2 is 1.65 bits per heavy atom. The number of Topliss-reactive ketones (excluding diaryl/α,β-unsaturated/α-hetero) is 1. The van der Waals surface area contributed by atoms with Crippen molar-refractivity contribution in [3.63, 3.8) is 0 Å². The molecule has 4 aromatic carbocycles. The SMILES string of the molecule is O=C(C[C@]1(O)C(=O)N(Cc2ccc3c(c2)OCO3)c2ccccc21)c1ccc2ccccc2c1. The van der Waals surface area contributed by atoms with Gasteiger partial charge in [0, 0.05) is 11.1 Å². The van der Waals surface area contributed by atoms with Gasteiger partial charge in [-0.15, -0.1) is 0 Å². The fourth-order valence-corrected chi connectivity index (χ4v) is 4.75. The zero-order valence-corrected chi connectivity index (χ0v) is 18.2. The summed E-state index contributed by atoms with van der Waals surface area (Å²) in [7, 11) is 0. The van der Waals surface area contributed by atoms with Gasteiger partial charge in [0.2, 0.25) is 6.79 Å². The Labute approximate surface area is 196 Å². The molecule has 0 bridgehead atoms. The van der Waals surface area contributed by atoms with Crippen molar-refractivity contribution in [2.45, 2.75) is 18.6 Å². The normalized spacial score (nSPS) is 18.4. The number of amides is 1. The number of carbonyl (C=O) groups excluding carboxylic acids is 2. The first-order valence-electron chi connectivity index (χ1n) is 11.1. The monoisotopic (exact) mass is 451 g/mol. The fourth-order valence-electron chi connectivity index (χ4n) is 4.75. The third-order valence-electron chi connectivity index (χ3n) is 6.50. The number of nitrogens with zero attached hydrogens (tertiary/aromatic N) is 1. The third-order valence-corrected chi connectivity index (χ3v) is 6.50. The molecule has 6 nitrogen and oxygen atoms in total. The van der Waals surface area contributed by atoms with Gasteiger partial charge in [0.05, 0.1) is 18.7 Å². The van der Waals surface area contributed by atoms with E-state index in [1.807, 2.05) is 48.5 Å². The van der Waals surface area contributed by atoms with Crippen molar-refractivity contribution in [1.82, 2.24) is 0 Å². The first-order valence-corrected chi connectivity index (χ1v) is 11.1. The van der Waals surface area contributed by atoms with Gasteiger partial charge in [0.1, 0.15) is 0 Å². The molecule has 6 rings (SSSR count). The van der Waals surface area contributed by atoms with Gasteiger partial charge in [-0.1, -0.05) is 60.7 Å². The van der Waals surface area contributed by atoms with Crippen LogP contribution in [0.3, 0.4) is 0 Å². The maximum absolute atomic E-state index is 13.6. The molecule has 1 amide bonds. The standard InChI is InChI=1S/C28H21NO5/c30-24(21-11-10-19-5-1-2-6-20(19)14-21)15-28(32)22-7-3-4-8-23(22)29(27(28)31)16-18-9-12-25-26(13-18)34-17-33-25/h1-14,32H,15-17H2/t28-/m1/s1. The Morgan fingerprint density at radius 3 is 2.53 bits per heavy atom. The largest absolute Gasteiger partial charge is 0.454 e. The van der Waals surface area contributed by atoms with E-state index in [1.165, 1.54) is 4.90 Å². The topological polar surface area (TPSA) is 76.1 Å². The molecule has 168 valence electrons. The van der Waals surface area contributed by atoms with Crippen LogP contribution in [0.5, 0.6) is 11.5 Å². The van der Waals surface area contributed by atoms with E-state index in [2.05, 4.69) is 0 Å². The first-order chi connectivity index (χ1) is 16.5. The van der Waals surface area contributed by atoms with E-state index in [-0.39, 0.29) is 25.5 Å². The van der Waals surface area contributed by atoms with Gasteiger partial charge in [-0.3, -0.25) is 9.59 Å². The number of para-hydroxylation sites is 1. The average molecular weight is 451 g/mol. The van der Waals surface area contributed by atoms with E-state index in [0.717, 1.165) is 16.3 Å². The summed E-state index contributed by atoms with van der Waals surface area (Å²) in [5.41, 5.74) is 0.397. The fraction of sp³-hybridized carbons (Fsp3) is 0.143. The van der Waals surface area contributed by atoms with E-state index in [4.69, 9.17) is 9.47 Å². The van der Waals surface area contributed by atoms with Crippen molar-refractivity contribution >= 4 is 28.2 Å². The molecule has 1 N–H and O–H groups in total. The van der Waals surface area contributed by atoms with Crippen molar-refractivity contribution in [1.29, 1.82) is 0 Å². The van der Waals surface area contributed by atoms with Crippen molar-refractivity contribution in [2.75, 3.05) is 11.7 Å². The summed E-state index contributed by atoms with van der Waals surface area (Å²) >= 11 is 0. The number of carbonyl (C=O) groups is 2. The predicted molar refractivity (Wildman–Crippen MR) is 127 cm³/mol. The van der Waals surface area contributed by atoms with E-state index in [0.29, 0.717) is 28.3 Å². The highest BCUT2D eigenvalue weighted by atomic mass is 16.7. The molecule has 0 spiro atoms. The number of fused-ring (bicyclic) bond motifs is 3. The van der Waals surface area contributed by atoms with Crippen LogP contribution >= 0.6 is 0 Å². The summed E-state index contributed by atoms with van der Waals surface area (Å²) in [5, 5.41) is 13.6. The maximum Gasteiger partial charge on any atom is 0.264 e. The number of rotatable bonds is 5. The summed E-state index contributed by atoms with van der Waals surface area (Å²) in [5.74, 6) is 0.482. The van der Waals surface area contributed by atoms with Crippen molar-refractivity contribution in [3.8, 4) is 11.5 Å². The minimum atomic E-state index is -1.93. The van der Waals surface area contributed by atoms with Crippen LogP contribution < -0.4 is 14.4 Å². The van der Waals surface area contributed by atoms with Gasteiger partial charge in [0.25, 0.3) is 5.91 Å². The summed E-state index contributed by atoms with van der Waals surface area (Å²) in [6, 6.07) is 25.8. The molecule has 4 aromatic rings. The molecule has 34 heavy (non-hydrogen) atoms. The second-order valence-corrected chi connectivity index (χ2v) is 8.62. The summed E-state index contributed by atoms with van der Waals surface area (Å²) < 4.78 is 10.8. The minimum absolute atomic E-state index is 0.168. The van der Waals surface area contributed by atoms with Crippen LogP contribution in [-0.2, 0) is 16.9 Å². The van der Waals surface area contributed by atoms with Crippen molar-refractivity contribution in [2.24, 2.45) is 0 Å². The number of anilines is 1. The minimum Gasteiger partial charge on any atom is -0.454 e. The smallest absolute Gasteiger partial charge is 0.264 e. The van der Waals surface area contributed by atoms with Crippen LogP contribution in [0.4, 0.5) is 5.69 Å². The average Bonchev–Trinajstić information content (AvgIpc) is 3.41. The molecular weight excluding hydrogens is 430 g/mol. The summed E-state index contributed by atoms with van der Waals surface area (Å²) in [6.07, 6.45) is -0.334. The number of hydrogen-bond donors (Lipinski definition) is 1. The van der Waals surface area contributed by atoms with Crippen LogP contribution in [-0.4, -0.2) is 23.6 Å². The van der Waals surface area contributed by atoms with E-state index >= 15 is 0 Å². The molecule has 0 aliphatic carbocycles. The second kappa shape index (κ2) is 7.71. The molecule has 0 fully saturated rings. The van der Waals surface area contributed by atoms with E-state index in [1.54, 1.807) is 36.4 Å². The van der Waals surface area contributed by atoms with Gasteiger partial charge >= 0.3 is 0 Å². The zero-order chi connectivity index (χ0) is 23.3. The predicted octanol–water partition coefficient (Wildman–Crippen LogP) is 4.58. The summed E-state index contributed by atoms with van der Waals surface area (Å²) in [6.45, 7) is 0.403. The molecule has 0 aromatic heterocycles. The molecule has 0 saturated heterocycles. The van der Waals surface area contributed by atoms with Gasteiger partial charge in [-0.25, -0.2) is 0 Å². The lowest BCUT2D eigenvalue weighted by Crippen LogP contribution is -2.41. The second-order valence-electron chi connectivity index (χ2n) is 8.62. The number of aliphatic hydroxyl groups is 1. The van der Waals surface area contributed by atoms with Crippen molar-refractivity contribution < 1.29 is 24.2 Å². The molecule has 0 saturated carbocycles. The zero-order valence-electron chi connectivity index (χ0n) is 18.2. The quantitative estimate of drug-likeness (QED) is 0.450. The van der Waals surface area contributed by atoms with Gasteiger partial charge in [-0.05, 0) is 40.6 Å². The van der Waals surface area contributed by atoms with Crippen LogP contribution in [0, 0.1) is 0 Å². The van der Waals surface area contributed by atoms with Gasteiger partial charge in [-0.2, -0.15) is 0 Å². The summed E-state index contributed by atoms with van der Waals surface area (Å²) in [4.78, 5) is 28.3. The van der Waals surface area contributed by atoms with E-state index in [9.17, 15) is 14.7 Å². The first kappa shape index (κ1) is 20.4. The third kappa shape index (κ3) is 3.23. The number of ketones is 1. The number of hydrogen-bond acceptors (Lipinski definition) is 5. The van der Waals surface area contributed by atoms with Crippen LogP contribution in [0.2, 0.25) is 0 Å². The molecule has 0 radical (unpaired) electrons. The lowest BCUT2D eigenvalue weighted by Gasteiger charge is -2.23. The molecule has 0 unspecified atom stereocenters. The molecular formula is C28H21NO5. The Balaban J connectivity index is 1.32. The number of ether oxygens (including phenoxy) is 2. The van der Waals surface area contributed by atoms with Crippen LogP contribution in [0.15, 0.2) is 84.9 Å². The lowest BCUT2D eigenvalue weighted by atomic mass is 9.88. The van der Waals surface area contributed by atoms with Crippen LogP contribution in [0.1, 0.15) is 27.9 Å². The Bertz CT molecular complexity index is 1460. The highest BCUT2D eigenvalue weighted by Crippen LogP contribution is 2.44. The van der Waals surface area contributed by atoms with Gasteiger partial charge < -0.3 is 19.5 Å². The lowest BCUT2D eigenvalue weighted by molar-refractivity contribution is -0.136. The Hall–Kier alpha value is -4.16. The Kier molecular flexibility index (Phi) is 4.64.